The van der Waals surface area contributed by atoms with Gasteiger partial charge in [0.1, 0.15) is 16.7 Å². The van der Waals surface area contributed by atoms with E-state index in [0.29, 0.717) is 31.6 Å². The van der Waals surface area contributed by atoms with Crippen molar-refractivity contribution in [3.05, 3.63) is 89.6 Å². The summed E-state index contributed by atoms with van der Waals surface area (Å²) in [5, 5.41) is 22.2. The molecule has 0 amide bonds. The van der Waals surface area contributed by atoms with Crippen LogP contribution in [0.5, 0.6) is 5.75 Å². The van der Waals surface area contributed by atoms with E-state index in [1.807, 2.05) is 66.7 Å². The van der Waals surface area contributed by atoms with Gasteiger partial charge in [0.2, 0.25) is 0 Å². The van der Waals surface area contributed by atoms with Crippen molar-refractivity contribution in [1.29, 1.82) is 0 Å². The predicted octanol–water partition coefficient (Wildman–Crippen LogP) is 2.91. The number of nitrogens with zero attached hydrogens (tertiary/aromatic N) is 4. The quantitative estimate of drug-likeness (QED) is 0.332. The zero-order valence-electron chi connectivity index (χ0n) is 18.1. The third kappa shape index (κ3) is 5.89. The maximum absolute atomic E-state index is 11.6. The summed E-state index contributed by atoms with van der Waals surface area (Å²) in [4.78, 5) is 0.262. The third-order valence-electron chi connectivity index (χ3n) is 4.94. The highest BCUT2D eigenvalue weighted by Gasteiger charge is 2.10. The van der Waals surface area contributed by atoms with Gasteiger partial charge < -0.3 is 9.84 Å². The van der Waals surface area contributed by atoms with Crippen molar-refractivity contribution in [1.82, 2.24) is 24.5 Å². The van der Waals surface area contributed by atoms with Gasteiger partial charge in [-0.25, -0.2) is 8.93 Å². The molecule has 0 radical (unpaired) electrons. The van der Waals surface area contributed by atoms with Crippen molar-refractivity contribution in [2.24, 2.45) is 0 Å². The molecule has 2 N–H and O–H groups in total. The van der Waals surface area contributed by atoms with Gasteiger partial charge in [0, 0.05) is 23.4 Å². The van der Waals surface area contributed by atoms with Crippen molar-refractivity contribution >= 4 is 16.6 Å². The van der Waals surface area contributed by atoms with E-state index < -0.39 is 11.0 Å². The number of aliphatic hydroxyl groups excluding tert-OH is 1. The molecule has 2 aromatic heterocycles. The lowest BCUT2D eigenvalue weighted by atomic mass is 10.1. The van der Waals surface area contributed by atoms with Gasteiger partial charge in [-0.15, -0.1) is 10.2 Å². The Balaban J connectivity index is 1.33. The summed E-state index contributed by atoms with van der Waals surface area (Å²) >= 11 is 0. The minimum absolute atomic E-state index is 0.262. The van der Waals surface area contributed by atoms with Gasteiger partial charge in [-0.05, 0) is 36.2 Å². The van der Waals surface area contributed by atoms with Crippen molar-refractivity contribution in [3.63, 3.8) is 0 Å². The predicted molar refractivity (Wildman–Crippen MR) is 128 cm³/mol. The number of rotatable bonds is 11. The van der Waals surface area contributed by atoms with Crippen LogP contribution in [0.25, 0.3) is 16.9 Å². The Morgan fingerprint density at radius 3 is 2.61 bits per heavy atom. The smallest absolute Gasteiger partial charge is 0.177 e. The van der Waals surface area contributed by atoms with Crippen LogP contribution in [0.4, 0.5) is 0 Å². The number of aliphatic hydroxyl groups is 1. The van der Waals surface area contributed by atoms with Crippen molar-refractivity contribution in [2.75, 3.05) is 19.8 Å². The van der Waals surface area contributed by atoms with Gasteiger partial charge in [0.15, 0.2) is 11.5 Å². The Morgan fingerprint density at radius 2 is 1.85 bits per heavy atom. The van der Waals surface area contributed by atoms with Gasteiger partial charge in [-0.1, -0.05) is 49.0 Å². The number of fused-ring (bicyclic) bond motifs is 1. The van der Waals surface area contributed by atoms with Crippen LogP contribution in [0.15, 0.2) is 78.2 Å². The van der Waals surface area contributed by atoms with Crippen LogP contribution in [0.3, 0.4) is 0 Å². The molecule has 170 valence electrons. The molecule has 9 heteroatoms. The summed E-state index contributed by atoms with van der Waals surface area (Å²) in [7, 11) is -1.42. The Bertz CT molecular complexity index is 1240. The first kappa shape index (κ1) is 22.8. The molecule has 0 bridgehead atoms. The molecule has 0 saturated heterocycles. The van der Waals surface area contributed by atoms with Crippen molar-refractivity contribution in [2.45, 2.75) is 12.8 Å². The molecule has 8 nitrogen and oxygen atoms in total. The second-order valence-corrected chi connectivity index (χ2v) is 8.76. The standard InChI is InChI=1S/C24H25N5O3S/c1-18(17-30)33(31)25-14-5-15-32-21-10-8-19(9-11-21)16-24-27-26-23-13-12-22(28-29(23)24)20-6-3-2-4-7-20/h2-4,6-13,25,30H,1,5,14-17H2. The first-order chi connectivity index (χ1) is 16.1. The van der Waals surface area contributed by atoms with Gasteiger partial charge >= 0.3 is 0 Å². The van der Waals surface area contributed by atoms with E-state index in [2.05, 4.69) is 21.5 Å². The molecule has 2 heterocycles. The van der Waals surface area contributed by atoms with Gasteiger partial charge in [-0.2, -0.15) is 9.61 Å². The third-order valence-corrected chi connectivity index (χ3v) is 6.06. The number of hydrogen-bond donors (Lipinski definition) is 2. The minimum Gasteiger partial charge on any atom is -0.494 e. The van der Waals surface area contributed by atoms with Gasteiger partial charge in [0.25, 0.3) is 0 Å². The Labute approximate surface area is 194 Å². The molecule has 33 heavy (non-hydrogen) atoms. The Morgan fingerprint density at radius 1 is 1.06 bits per heavy atom. The minimum atomic E-state index is -1.42. The number of aromatic nitrogens is 4. The van der Waals surface area contributed by atoms with Crippen molar-refractivity contribution in [3.8, 4) is 17.0 Å². The van der Waals surface area contributed by atoms with E-state index in [1.54, 1.807) is 4.52 Å². The zero-order valence-corrected chi connectivity index (χ0v) is 18.9. The fourth-order valence-electron chi connectivity index (χ4n) is 3.18. The summed E-state index contributed by atoms with van der Waals surface area (Å²) in [6, 6.07) is 21.7. The summed E-state index contributed by atoms with van der Waals surface area (Å²) < 4.78 is 22.0. The first-order valence-electron chi connectivity index (χ1n) is 10.6. The fourth-order valence-corrected chi connectivity index (χ4v) is 3.83. The molecule has 0 aliphatic carbocycles. The number of benzene rings is 2. The lowest BCUT2D eigenvalue weighted by molar-refractivity contribution is 0.311. The lowest BCUT2D eigenvalue weighted by Gasteiger charge is -2.08. The molecular formula is C24H25N5O3S. The van der Waals surface area contributed by atoms with E-state index in [0.717, 1.165) is 28.4 Å². The second-order valence-electron chi connectivity index (χ2n) is 7.35. The van der Waals surface area contributed by atoms with Gasteiger partial charge in [0.05, 0.1) is 18.9 Å². The maximum atomic E-state index is 11.6. The molecule has 0 aliphatic heterocycles. The molecule has 0 fully saturated rings. The Hall–Kier alpha value is -3.40. The molecule has 2 aromatic carbocycles. The van der Waals surface area contributed by atoms with E-state index >= 15 is 0 Å². The number of hydrogen-bond acceptors (Lipinski definition) is 6. The van der Waals surface area contributed by atoms with E-state index in [9.17, 15) is 4.21 Å². The summed E-state index contributed by atoms with van der Waals surface area (Å²) in [5.41, 5.74) is 3.69. The van der Waals surface area contributed by atoms with Crippen LogP contribution < -0.4 is 9.46 Å². The van der Waals surface area contributed by atoms with Crippen LogP contribution in [-0.2, 0) is 17.4 Å². The molecule has 1 atom stereocenters. The highest BCUT2D eigenvalue weighted by molar-refractivity contribution is 7.87. The van der Waals surface area contributed by atoms with E-state index in [4.69, 9.17) is 14.9 Å². The van der Waals surface area contributed by atoms with Crippen LogP contribution in [0.1, 0.15) is 17.8 Å². The number of ether oxygens (including phenoxy) is 1. The molecule has 0 aliphatic rings. The fraction of sp³-hybridized carbons (Fsp3) is 0.208. The summed E-state index contributed by atoms with van der Waals surface area (Å²) in [6.45, 7) is 4.22. The number of nitrogens with one attached hydrogen (secondary N) is 1. The maximum Gasteiger partial charge on any atom is 0.177 e. The van der Waals surface area contributed by atoms with E-state index in [-0.39, 0.29) is 11.5 Å². The molecule has 0 saturated carbocycles. The summed E-state index contributed by atoms with van der Waals surface area (Å²) in [6.07, 6.45) is 1.27. The Kier molecular flexibility index (Phi) is 7.56. The SMILES string of the molecule is C=C(CO)S(=O)NCCCOc1ccc(Cc2nnc3ccc(-c4ccccc4)nn23)cc1. The largest absolute Gasteiger partial charge is 0.494 e. The molecule has 1 unspecified atom stereocenters. The molecule has 4 aromatic rings. The summed E-state index contributed by atoms with van der Waals surface area (Å²) in [5.74, 6) is 1.52. The topological polar surface area (TPSA) is 102 Å². The van der Waals surface area contributed by atoms with Crippen LogP contribution in [0, 0.1) is 0 Å². The molecule has 4 rings (SSSR count). The van der Waals surface area contributed by atoms with E-state index in [1.165, 1.54) is 0 Å². The van der Waals surface area contributed by atoms with Crippen molar-refractivity contribution < 1.29 is 14.1 Å². The second kappa shape index (κ2) is 11.0. The average Bonchev–Trinajstić information content (AvgIpc) is 3.26. The zero-order chi connectivity index (χ0) is 23.0. The molecular weight excluding hydrogens is 438 g/mol. The van der Waals surface area contributed by atoms with Crippen LogP contribution >= 0.6 is 0 Å². The first-order valence-corrected chi connectivity index (χ1v) is 11.7. The van der Waals surface area contributed by atoms with Gasteiger partial charge in [-0.3, -0.25) is 0 Å². The average molecular weight is 464 g/mol. The highest BCUT2D eigenvalue weighted by Crippen LogP contribution is 2.19. The highest BCUT2D eigenvalue weighted by atomic mass is 32.2. The van der Waals surface area contributed by atoms with Crippen LogP contribution in [0.2, 0.25) is 0 Å². The normalized spacial score (nSPS) is 12.0. The van der Waals surface area contributed by atoms with Crippen LogP contribution in [-0.4, -0.2) is 48.9 Å². The lowest BCUT2D eigenvalue weighted by Crippen LogP contribution is -2.22. The monoisotopic (exact) mass is 463 g/mol. The molecule has 0 spiro atoms.